The van der Waals surface area contributed by atoms with Crippen molar-refractivity contribution in [1.29, 1.82) is 0 Å². The van der Waals surface area contributed by atoms with Gasteiger partial charge >= 0.3 is 0 Å². The summed E-state index contributed by atoms with van der Waals surface area (Å²) in [6.45, 7) is 105. The summed E-state index contributed by atoms with van der Waals surface area (Å²) < 4.78 is 9.94. The zero-order valence-electron chi connectivity index (χ0n) is 97.6. The van der Waals surface area contributed by atoms with Crippen molar-refractivity contribution in [3.8, 4) is 0 Å². The molecular formula is C116H252BN7O11. The smallest absolute Gasteiger partial charge is 0.0870 e. The SMILES string of the molecule is CCCC[N+](CCCC)(CCCC)CCCC.CCCC[N+](CCCC)(CCCC)CCCC.CCCC[N+](CCCC)(CCCC)CCCC.CCCC[N+](CCCC)(CCCC)CCCC.CCCC[N+](CCCC)(CCCC)CCCC.CCCC[N+](CCCC)(CCCC)CCCC.CCCC[N+](CCCC)(CCCC)CCCC.O=C([O-])C(=O)[O-].O=C([O-])C(=O)[O-].[O-]B([O-])[O-]. The monoisotopic (exact) mass is 1930 g/mol. The number of carbonyl (C=O) groups excluding carboxylic acids is 4. The Bertz CT molecular complexity index is 1620. The first-order valence-corrected chi connectivity index (χ1v) is 59.5. The fourth-order valence-corrected chi connectivity index (χ4v) is 18.5. The van der Waals surface area contributed by atoms with E-state index in [0.29, 0.717) is 0 Å². The number of unbranched alkanes of at least 4 members (excludes halogenated alkanes) is 28. The van der Waals surface area contributed by atoms with E-state index in [1.165, 1.54) is 574 Å². The van der Waals surface area contributed by atoms with Gasteiger partial charge in [0.2, 0.25) is 0 Å². The van der Waals surface area contributed by atoms with Crippen LogP contribution in [0, 0.1) is 0 Å². The van der Waals surface area contributed by atoms with Gasteiger partial charge in [-0.15, -0.1) is 0 Å². The van der Waals surface area contributed by atoms with Crippen molar-refractivity contribution in [2.75, 3.05) is 183 Å². The molecule has 0 heterocycles. The van der Waals surface area contributed by atoms with Crippen LogP contribution in [0.5, 0.6) is 0 Å². The number of hydrogen-bond acceptors (Lipinski definition) is 11. The summed E-state index contributed by atoms with van der Waals surface area (Å²) in [6, 6.07) is 0. The largest absolute Gasteiger partial charge is 0.907 e. The second kappa shape index (κ2) is 117. The molecule has 0 N–H and O–H groups in total. The van der Waals surface area contributed by atoms with Crippen molar-refractivity contribution in [3.63, 3.8) is 0 Å². The molecular weight excluding hydrogens is 1680 g/mol. The van der Waals surface area contributed by atoms with Gasteiger partial charge in [0, 0.05) is 0 Å². The predicted molar refractivity (Wildman–Crippen MR) is 581 cm³/mol. The number of rotatable bonds is 84. The van der Waals surface area contributed by atoms with E-state index in [1.807, 2.05) is 0 Å². The highest BCUT2D eigenvalue weighted by atomic mass is 16.5. The Hall–Kier alpha value is -2.46. The summed E-state index contributed by atoms with van der Waals surface area (Å²) in [5, 5.41) is 61.0. The summed E-state index contributed by atoms with van der Waals surface area (Å²) in [4.78, 5) is 35.7. The van der Waals surface area contributed by atoms with E-state index in [0.717, 1.165) is 0 Å². The molecule has 0 rings (SSSR count). The van der Waals surface area contributed by atoms with Gasteiger partial charge in [0.15, 0.2) is 0 Å². The minimum absolute atomic E-state index is 1.35. The van der Waals surface area contributed by atoms with Crippen molar-refractivity contribution < 1.29 is 86.1 Å². The van der Waals surface area contributed by atoms with Crippen molar-refractivity contribution in [2.24, 2.45) is 0 Å². The van der Waals surface area contributed by atoms with E-state index in [4.69, 9.17) is 54.7 Å². The molecule has 0 aliphatic rings. The number of carboxylic acid groups (broad SMARTS) is 4. The van der Waals surface area contributed by atoms with E-state index in [1.54, 1.807) is 0 Å². The molecule has 0 radical (unpaired) electrons. The molecule has 0 bridgehead atoms. The van der Waals surface area contributed by atoms with Crippen molar-refractivity contribution >= 4 is 31.2 Å². The number of aliphatic carboxylic acids is 4. The van der Waals surface area contributed by atoms with Gasteiger partial charge in [-0.2, -0.15) is 0 Å². The highest BCUT2D eigenvalue weighted by molar-refractivity contribution is 6.25. The van der Waals surface area contributed by atoms with Crippen LogP contribution in [0.2, 0.25) is 0 Å². The number of carboxylic acids is 4. The molecule has 0 aromatic heterocycles. The molecule has 0 aliphatic carbocycles. The van der Waals surface area contributed by atoms with Crippen LogP contribution < -0.4 is 35.5 Å². The van der Waals surface area contributed by atoms with Gasteiger partial charge in [-0.25, -0.2) is 0 Å². The minimum Gasteiger partial charge on any atom is -0.907 e. The summed E-state index contributed by atoms with van der Waals surface area (Å²) >= 11 is 0. The number of carbonyl (C=O) groups is 4. The summed E-state index contributed by atoms with van der Waals surface area (Å²) in [6.07, 6.45) is 77.4. The number of hydrogen-bond donors (Lipinski definition) is 0. The highest BCUT2D eigenvalue weighted by Gasteiger charge is 2.31. The van der Waals surface area contributed by atoms with Crippen LogP contribution in [-0.2, 0) is 19.2 Å². The minimum atomic E-state index is -2.92. The van der Waals surface area contributed by atoms with Crippen LogP contribution in [0.4, 0.5) is 0 Å². The summed E-state index contributed by atoms with van der Waals surface area (Å²) in [5.74, 6) is -8.74. The lowest BCUT2D eigenvalue weighted by molar-refractivity contribution is -0.929. The Morgan fingerprint density at radius 3 is 0.185 bits per heavy atom. The summed E-state index contributed by atoms with van der Waals surface area (Å²) in [5.41, 5.74) is 0. The van der Waals surface area contributed by atoms with E-state index < -0.39 is 31.2 Å². The van der Waals surface area contributed by atoms with Gasteiger partial charge in [0.05, 0.1) is 207 Å². The maximum Gasteiger partial charge on any atom is 0.0870 e. The Labute approximate surface area is 849 Å². The molecule has 0 saturated heterocycles. The van der Waals surface area contributed by atoms with Crippen LogP contribution in [-0.4, -0.2) is 246 Å². The molecule has 0 fully saturated rings. The van der Waals surface area contributed by atoms with Gasteiger partial charge in [0.1, 0.15) is 0 Å². The lowest BCUT2D eigenvalue weighted by Crippen LogP contribution is -2.56. The Balaban J connectivity index is -0.000000164. The third kappa shape index (κ3) is 104. The first-order valence-electron chi connectivity index (χ1n) is 59.5. The quantitative estimate of drug-likeness (QED) is 0.0316. The topological polar surface area (TPSA) is 230 Å². The lowest BCUT2D eigenvalue weighted by Gasteiger charge is -2.39. The molecule has 820 valence electrons. The maximum absolute atomic E-state index is 8.93. The van der Waals surface area contributed by atoms with Crippen LogP contribution in [0.3, 0.4) is 0 Å². The molecule has 0 amide bonds. The van der Waals surface area contributed by atoms with Gasteiger partial charge in [-0.1, -0.05) is 374 Å². The van der Waals surface area contributed by atoms with Gasteiger partial charge in [-0.05, 0) is 180 Å². The number of quaternary nitrogens is 7. The summed E-state index contributed by atoms with van der Waals surface area (Å²) in [7, 11) is -2.92. The average molecular weight is 1930 g/mol. The first kappa shape index (κ1) is 153. The molecule has 19 heteroatoms. The fraction of sp³-hybridized carbons (Fsp3) is 0.966. The maximum atomic E-state index is 8.93. The molecule has 0 spiro atoms. The molecule has 18 nitrogen and oxygen atoms in total. The Morgan fingerprint density at radius 1 is 0.126 bits per heavy atom. The molecule has 0 aromatic carbocycles. The lowest BCUT2D eigenvalue weighted by atomic mass is 10.1. The molecule has 0 unspecified atom stereocenters. The normalized spacial score (nSPS) is 11.4. The average Bonchev–Trinajstić information content (AvgIpc) is 0.916. The second-order valence-electron chi connectivity index (χ2n) is 41.0. The van der Waals surface area contributed by atoms with Gasteiger partial charge in [-0.3, -0.25) is 7.32 Å². The van der Waals surface area contributed by atoms with Crippen molar-refractivity contribution in [2.45, 2.75) is 553 Å². The number of nitrogens with zero attached hydrogens (tertiary/aromatic N) is 7. The fourth-order valence-electron chi connectivity index (χ4n) is 18.5. The van der Waals surface area contributed by atoms with Crippen LogP contribution >= 0.6 is 0 Å². The zero-order valence-corrected chi connectivity index (χ0v) is 97.6. The zero-order chi connectivity index (χ0) is 105. The van der Waals surface area contributed by atoms with Crippen LogP contribution in [0.1, 0.15) is 553 Å². The van der Waals surface area contributed by atoms with E-state index >= 15 is 0 Å². The Kier molecular flexibility index (Phi) is 132. The van der Waals surface area contributed by atoms with Crippen molar-refractivity contribution in [1.82, 2.24) is 0 Å². The van der Waals surface area contributed by atoms with Gasteiger partial charge in [0.25, 0.3) is 0 Å². The third-order valence-electron chi connectivity index (χ3n) is 27.9. The molecule has 135 heavy (non-hydrogen) atoms. The molecule has 0 aromatic rings. The van der Waals surface area contributed by atoms with Crippen molar-refractivity contribution in [3.05, 3.63) is 0 Å². The van der Waals surface area contributed by atoms with Gasteiger partial charge < -0.3 is 86.1 Å². The van der Waals surface area contributed by atoms with E-state index in [2.05, 4.69) is 194 Å². The van der Waals surface area contributed by atoms with Crippen LogP contribution in [0.15, 0.2) is 0 Å². The van der Waals surface area contributed by atoms with E-state index in [-0.39, 0.29) is 0 Å². The molecule has 0 atom stereocenters. The first-order chi connectivity index (χ1) is 64.7. The second-order valence-corrected chi connectivity index (χ2v) is 41.0. The molecule has 0 saturated carbocycles. The van der Waals surface area contributed by atoms with Crippen LogP contribution in [0.25, 0.3) is 0 Å². The van der Waals surface area contributed by atoms with E-state index in [9.17, 15) is 0 Å². The molecule has 0 aliphatic heterocycles. The highest BCUT2D eigenvalue weighted by Crippen LogP contribution is 2.24. The third-order valence-corrected chi connectivity index (χ3v) is 27.9. The standard InChI is InChI=1S/7C16H36N.2C2H2O4.BO3/c7*1-5-9-13-17(14-10-6-2,15-11-7-3)16-12-8-4;2*3-1(4)2(5)6;2-1(3)4/h7*5-16H2,1-4H3;2*(H,3,4)(H,5,6);/q7*+1;;;-3/p-4. The predicted octanol–water partition coefficient (Wildman–Crippen LogP) is 24.0. The Morgan fingerprint density at radius 2 is 0.163 bits per heavy atom.